The third-order valence-corrected chi connectivity index (χ3v) is 6.65. The van der Waals surface area contributed by atoms with Crippen LogP contribution in [0.1, 0.15) is 20.8 Å². The van der Waals surface area contributed by atoms with Crippen LogP contribution in [0.25, 0.3) is 0 Å². The molecule has 0 aliphatic carbocycles. The number of anilines is 1. The van der Waals surface area contributed by atoms with E-state index in [0.717, 1.165) is 28.6 Å². The number of para-hydroxylation sites is 1. The molecule has 0 spiro atoms. The van der Waals surface area contributed by atoms with E-state index in [1.165, 1.54) is 0 Å². The number of carbonyl (C=O) groups excluding carboxylic acids is 1. The van der Waals surface area contributed by atoms with Crippen LogP contribution in [0.15, 0.2) is 29.2 Å². The molecule has 0 bridgehead atoms. The van der Waals surface area contributed by atoms with Gasteiger partial charge in [0, 0.05) is 34.2 Å². The van der Waals surface area contributed by atoms with Gasteiger partial charge in [0.1, 0.15) is 0 Å². The number of thioether (sulfide) groups is 2. The van der Waals surface area contributed by atoms with Crippen LogP contribution < -0.4 is 5.32 Å². The van der Waals surface area contributed by atoms with Crippen molar-refractivity contribution in [3.8, 4) is 6.07 Å². The van der Waals surface area contributed by atoms with E-state index < -0.39 is 0 Å². The topological polar surface area (TPSA) is 56.1 Å². The first-order valence-electron chi connectivity index (χ1n) is 7.83. The zero-order valence-corrected chi connectivity index (χ0v) is 15.4. The Labute approximate surface area is 147 Å². The molecule has 124 valence electrons. The second kappa shape index (κ2) is 8.51. The van der Waals surface area contributed by atoms with Crippen LogP contribution >= 0.6 is 23.5 Å². The van der Waals surface area contributed by atoms with E-state index in [0.29, 0.717) is 5.25 Å². The van der Waals surface area contributed by atoms with Gasteiger partial charge in [0.2, 0.25) is 0 Å². The van der Waals surface area contributed by atoms with Crippen molar-refractivity contribution in [2.75, 3.05) is 23.4 Å². The molecule has 2 rings (SSSR count). The predicted molar refractivity (Wildman–Crippen MR) is 99.0 cm³/mol. The molecule has 1 heterocycles. The van der Waals surface area contributed by atoms with Crippen molar-refractivity contribution in [1.82, 2.24) is 4.90 Å². The fourth-order valence-corrected chi connectivity index (χ4v) is 4.41. The fourth-order valence-electron chi connectivity index (χ4n) is 2.35. The Balaban J connectivity index is 2.04. The molecule has 23 heavy (non-hydrogen) atoms. The third kappa shape index (κ3) is 4.82. The molecule has 0 unspecified atom stereocenters. The largest absolute Gasteiger partial charge is 0.322 e. The van der Waals surface area contributed by atoms with Gasteiger partial charge in [-0.15, -0.1) is 11.8 Å². The van der Waals surface area contributed by atoms with E-state index in [-0.39, 0.29) is 18.0 Å². The molecule has 1 aromatic carbocycles. The van der Waals surface area contributed by atoms with Crippen molar-refractivity contribution in [2.45, 2.75) is 37.0 Å². The highest BCUT2D eigenvalue weighted by molar-refractivity contribution is 8.00. The minimum atomic E-state index is -0.0361. The van der Waals surface area contributed by atoms with Gasteiger partial charge in [-0.25, -0.2) is 4.79 Å². The average Bonchev–Trinajstić information content (AvgIpc) is 2.56. The summed E-state index contributed by atoms with van der Waals surface area (Å²) in [5.41, 5.74) is 0.825. The summed E-state index contributed by atoms with van der Waals surface area (Å²) in [6, 6.07) is 10.2. The molecule has 1 aliphatic heterocycles. The van der Waals surface area contributed by atoms with E-state index in [4.69, 9.17) is 5.26 Å². The van der Waals surface area contributed by atoms with Gasteiger partial charge in [0.15, 0.2) is 0 Å². The van der Waals surface area contributed by atoms with Crippen LogP contribution in [-0.4, -0.2) is 40.3 Å². The Hall–Kier alpha value is -1.32. The van der Waals surface area contributed by atoms with Gasteiger partial charge in [0.25, 0.3) is 0 Å². The maximum absolute atomic E-state index is 12.6. The predicted octanol–water partition coefficient (Wildman–Crippen LogP) is 4.30. The molecule has 6 heteroatoms. The van der Waals surface area contributed by atoms with Crippen LogP contribution in [0.4, 0.5) is 10.5 Å². The van der Waals surface area contributed by atoms with Gasteiger partial charge in [-0.2, -0.15) is 17.0 Å². The molecule has 1 aromatic rings. The van der Waals surface area contributed by atoms with Crippen molar-refractivity contribution in [1.29, 1.82) is 5.26 Å². The number of hydrogen-bond donors (Lipinski definition) is 1. The monoisotopic (exact) mass is 349 g/mol. The smallest absolute Gasteiger partial charge is 0.320 e. The normalized spacial score (nSPS) is 22.3. The highest BCUT2D eigenvalue weighted by Crippen LogP contribution is 2.30. The molecule has 2 amide bonds. The van der Waals surface area contributed by atoms with Crippen LogP contribution in [-0.2, 0) is 0 Å². The Morgan fingerprint density at radius 1 is 1.52 bits per heavy atom. The van der Waals surface area contributed by atoms with Gasteiger partial charge < -0.3 is 10.2 Å². The quantitative estimate of drug-likeness (QED) is 0.824. The number of hydrogen-bond acceptors (Lipinski definition) is 4. The number of urea groups is 1. The SMILES string of the molecule is C[C@H](C#N)CSc1ccccc1NC(=O)N1CCS[C@@H](C)[C@H]1C. The van der Waals surface area contributed by atoms with E-state index >= 15 is 0 Å². The van der Waals surface area contributed by atoms with Crippen molar-refractivity contribution >= 4 is 35.2 Å². The maximum atomic E-state index is 12.6. The minimum absolute atomic E-state index is 0.0104. The summed E-state index contributed by atoms with van der Waals surface area (Å²) < 4.78 is 0. The summed E-state index contributed by atoms with van der Waals surface area (Å²) in [5, 5.41) is 12.4. The highest BCUT2D eigenvalue weighted by Gasteiger charge is 2.29. The average molecular weight is 350 g/mol. The van der Waals surface area contributed by atoms with Crippen LogP contribution in [0, 0.1) is 17.2 Å². The van der Waals surface area contributed by atoms with Crippen molar-refractivity contribution in [3.63, 3.8) is 0 Å². The highest BCUT2D eigenvalue weighted by atomic mass is 32.2. The lowest BCUT2D eigenvalue weighted by Gasteiger charge is -2.37. The molecule has 1 saturated heterocycles. The van der Waals surface area contributed by atoms with Crippen LogP contribution in [0.3, 0.4) is 0 Å². The molecular formula is C17H23N3OS2. The van der Waals surface area contributed by atoms with E-state index in [1.807, 2.05) is 47.9 Å². The summed E-state index contributed by atoms with van der Waals surface area (Å²) in [6.45, 7) is 6.96. The van der Waals surface area contributed by atoms with Crippen LogP contribution in [0.5, 0.6) is 0 Å². The van der Waals surface area contributed by atoms with Gasteiger partial charge in [-0.1, -0.05) is 19.1 Å². The molecule has 4 nitrogen and oxygen atoms in total. The number of rotatable bonds is 4. The third-order valence-electron chi connectivity index (χ3n) is 3.98. The molecule has 1 aliphatic rings. The summed E-state index contributed by atoms with van der Waals surface area (Å²) in [4.78, 5) is 15.5. The summed E-state index contributed by atoms with van der Waals surface area (Å²) in [6.07, 6.45) is 0. The Kier molecular flexibility index (Phi) is 6.67. The Bertz CT molecular complexity index is 587. The lowest BCUT2D eigenvalue weighted by molar-refractivity contribution is 0.194. The molecule has 0 radical (unpaired) electrons. The number of benzene rings is 1. The summed E-state index contributed by atoms with van der Waals surface area (Å²) in [5.74, 6) is 1.69. The van der Waals surface area contributed by atoms with Gasteiger partial charge >= 0.3 is 6.03 Å². The maximum Gasteiger partial charge on any atom is 0.322 e. The first kappa shape index (κ1) is 18.0. The zero-order chi connectivity index (χ0) is 16.8. The number of carbonyl (C=O) groups is 1. The number of nitriles is 1. The van der Waals surface area contributed by atoms with Gasteiger partial charge in [-0.3, -0.25) is 0 Å². The molecular weight excluding hydrogens is 326 g/mol. The number of amides is 2. The molecule has 0 saturated carbocycles. The minimum Gasteiger partial charge on any atom is -0.320 e. The number of nitrogens with zero attached hydrogens (tertiary/aromatic N) is 2. The van der Waals surface area contributed by atoms with E-state index in [9.17, 15) is 4.79 Å². The summed E-state index contributed by atoms with van der Waals surface area (Å²) in [7, 11) is 0. The standard InChI is InChI=1S/C17H23N3OS2/c1-12(10-18)11-23-16-7-5-4-6-15(16)19-17(21)20-8-9-22-14(3)13(20)2/h4-7,12-14H,8-9,11H2,1-3H3,(H,19,21)/t12-,13-,14+/m1/s1. The fraction of sp³-hybridized carbons (Fsp3) is 0.529. The first-order chi connectivity index (χ1) is 11.0. The van der Waals surface area contributed by atoms with E-state index in [1.54, 1.807) is 11.8 Å². The van der Waals surface area contributed by atoms with E-state index in [2.05, 4.69) is 25.2 Å². The molecule has 1 fully saturated rings. The lowest BCUT2D eigenvalue weighted by Crippen LogP contribution is -2.49. The first-order valence-corrected chi connectivity index (χ1v) is 9.87. The molecule has 3 atom stereocenters. The van der Waals surface area contributed by atoms with Crippen LogP contribution in [0.2, 0.25) is 0 Å². The molecule has 0 aromatic heterocycles. The summed E-state index contributed by atoms with van der Waals surface area (Å²) >= 11 is 3.52. The second-order valence-corrected chi connectivity index (χ2v) is 8.32. The lowest BCUT2D eigenvalue weighted by atomic mass is 10.2. The van der Waals surface area contributed by atoms with Gasteiger partial charge in [-0.05, 0) is 26.0 Å². The van der Waals surface area contributed by atoms with Crippen molar-refractivity contribution < 1.29 is 4.79 Å². The Morgan fingerprint density at radius 2 is 2.26 bits per heavy atom. The molecule has 1 N–H and O–H groups in total. The van der Waals surface area contributed by atoms with Crippen molar-refractivity contribution in [3.05, 3.63) is 24.3 Å². The van der Waals surface area contributed by atoms with Gasteiger partial charge in [0.05, 0.1) is 17.7 Å². The Morgan fingerprint density at radius 3 is 3.00 bits per heavy atom. The second-order valence-electron chi connectivity index (χ2n) is 5.78. The number of nitrogens with one attached hydrogen (secondary N) is 1. The van der Waals surface area contributed by atoms with Crippen molar-refractivity contribution in [2.24, 2.45) is 5.92 Å². The zero-order valence-electron chi connectivity index (χ0n) is 13.8.